The summed E-state index contributed by atoms with van der Waals surface area (Å²) in [5.41, 5.74) is 14.3. The molecule has 178 valence electrons. The maximum atomic E-state index is 13.6. The molecule has 0 bridgehead atoms. The molecule has 3 aromatic carbocycles. The zero-order chi connectivity index (χ0) is 24.8. The number of thiophene rings is 1. The van der Waals surface area contributed by atoms with Gasteiger partial charge in [0, 0.05) is 15.7 Å². The van der Waals surface area contributed by atoms with Gasteiger partial charge in [-0.2, -0.15) is 0 Å². The third-order valence-corrected chi connectivity index (χ3v) is 8.61. The van der Waals surface area contributed by atoms with Gasteiger partial charge in [-0.05, 0) is 59.0 Å². The highest BCUT2D eigenvalue weighted by Crippen LogP contribution is 2.49. The summed E-state index contributed by atoms with van der Waals surface area (Å²) in [5, 5.41) is 5.34. The fraction of sp³-hybridized carbons (Fsp3) is 0.0769. The molecule has 0 saturated carbocycles. The fourth-order valence-electron chi connectivity index (χ4n) is 3.49. The van der Waals surface area contributed by atoms with Crippen LogP contribution < -0.4 is 22.1 Å². The first kappa shape index (κ1) is 24.4. The number of nitrogen functional groups attached to an aromatic ring is 1. The number of rotatable bonds is 9. The molecule has 0 radical (unpaired) electrons. The van der Waals surface area contributed by atoms with Crippen molar-refractivity contribution < 1.29 is 18.7 Å². The number of carbonyl (C=O) groups is 2. The van der Waals surface area contributed by atoms with Gasteiger partial charge in [0.1, 0.15) is 6.61 Å². The minimum Gasteiger partial charge on any atom is -0.397 e. The van der Waals surface area contributed by atoms with Crippen LogP contribution in [-0.2, 0) is 20.0 Å². The van der Waals surface area contributed by atoms with Gasteiger partial charge >= 0.3 is 0 Å². The third kappa shape index (κ3) is 6.05. The van der Waals surface area contributed by atoms with Crippen LogP contribution in [0.4, 0.5) is 11.4 Å². The van der Waals surface area contributed by atoms with E-state index in [-0.39, 0.29) is 12.1 Å². The standard InChI is InChI=1S/C26H24N3O4PS/c27-22-13-12-20(24-7-4-14-35-24)15-23(22)29-26(31)19-10-8-18(9-11-19)17-34(32,33-16-25(28)30)21-5-2-1-3-6-21/h1-15H,16-17,27H2,(H2,28,30)(H,29,31). The summed E-state index contributed by atoms with van der Waals surface area (Å²) in [6.45, 7) is -0.446. The van der Waals surface area contributed by atoms with E-state index in [1.165, 1.54) is 0 Å². The molecule has 4 rings (SSSR count). The van der Waals surface area contributed by atoms with Gasteiger partial charge in [-0.3, -0.25) is 14.2 Å². The molecule has 0 fully saturated rings. The number of hydrogen-bond donors (Lipinski definition) is 3. The van der Waals surface area contributed by atoms with E-state index in [9.17, 15) is 14.2 Å². The maximum absolute atomic E-state index is 13.6. The van der Waals surface area contributed by atoms with E-state index in [0.717, 1.165) is 10.4 Å². The molecule has 1 heterocycles. The monoisotopic (exact) mass is 505 g/mol. The van der Waals surface area contributed by atoms with Crippen LogP contribution in [0.1, 0.15) is 15.9 Å². The van der Waals surface area contributed by atoms with Crippen LogP contribution in [-0.4, -0.2) is 18.4 Å². The van der Waals surface area contributed by atoms with E-state index < -0.39 is 19.9 Å². The summed E-state index contributed by atoms with van der Waals surface area (Å²) in [5.74, 6) is -1.02. The normalized spacial score (nSPS) is 12.6. The first-order valence-corrected chi connectivity index (χ1v) is 13.4. The Morgan fingerprint density at radius 1 is 0.943 bits per heavy atom. The lowest BCUT2D eigenvalue weighted by molar-refractivity contribution is -0.119. The second-order valence-electron chi connectivity index (χ2n) is 7.84. The molecule has 1 atom stereocenters. The fourth-order valence-corrected chi connectivity index (χ4v) is 6.29. The zero-order valence-electron chi connectivity index (χ0n) is 18.7. The Hall–Kier alpha value is -3.71. The van der Waals surface area contributed by atoms with Crippen molar-refractivity contribution in [3.8, 4) is 10.4 Å². The largest absolute Gasteiger partial charge is 0.397 e. The van der Waals surface area contributed by atoms with E-state index in [0.29, 0.717) is 27.8 Å². The van der Waals surface area contributed by atoms with Gasteiger partial charge in [-0.15, -0.1) is 11.3 Å². The predicted octanol–water partition coefficient (Wildman–Crippen LogP) is 4.86. The van der Waals surface area contributed by atoms with E-state index in [2.05, 4.69) is 5.32 Å². The van der Waals surface area contributed by atoms with Crippen LogP contribution in [0.25, 0.3) is 10.4 Å². The highest BCUT2D eigenvalue weighted by molar-refractivity contribution is 7.66. The molecule has 7 nitrogen and oxygen atoms in total. The van der Waals surface area contributed by atoms with Crippen LogP contribution in [0.3, 0.4) is 0 Å². The number of hydrogen-bond acceptors (Lipinski definition) is 6. The van der Waals surface area contributed by atoms with Gasteiger partial charge in [-0.1, -0.05) is 42.5 Å². The summed E-state index contributed by atoms with van der Waals surface area (Å²) in [6, 6.07) is 24.9. The summed E-state index contributed by atoms with van der Waals surface area (Å²) in [7, 11) is -3.39. The number of amides is 2. The lowest BCUT2D eigenvalue weighted by atomic mass is 10.1. The van der Waals surface area contributed by atoms with Crippen molar-refractivity contribution in [2.24, 2.45) is 5.73 Å². The Morgan fingerprint density at radius 2 is 1.69 bits per heavy atom. The molecule has 1 unspecified atom stereocenters. The first-order valence-electron chi connectivity index (χ1n) is 10.8. The van der Waals surface area contributed by atoms with Gasteiger partial charge in [0.05, 0.1) is 17.5 Å². The number of primary amides is 1. The molecule has 0 saturated heterocycles. The van der Waals surface area contributed by atoms with Crippen LogP contribution in [0.2, 0.25) is 0 Å². The van der Waals surface area contributed by atoms with Crippen molar-refractivity contribution in [1.82, 2.24) is 0 Å². The van der Waals surface area contributed by atoms with Gasteiger partial charge in [0.2, 0.25) is 13.3 Å². The lowest BCUT2D eigenvalue weighted by Gasteiger charge is -2.18. The van der Waals surface area contributed by atoms with Crippen LogP contribution >= 0.6 is 18.7 Å². The van der Waals surface area contributed by atoms with E-state index in [1.54, 1.807) is 72.0 Å². The Morgan fingerprint density at radius 3 is 2.34 bits per heavy atom. The zero-order valence-corrected chi connectivity index (χ0v) is 20.4. The third-order valence-electron chi connectivity index (χ3n) is 5.28. The first-order chi connectivity index (χ1) is 16.8. The highest BCUT2D eigenvalue weighted by atomic mass is 32.1. The smallest absolute Gasteiger partial charge is 0.255 e. The quantitative estimate of drug-likeness (QED) is 0.221. The molecule has 5 N–H and O–H groups in total. The number of carbonyl (C=O) groups excluding carboxylic acids is 2. The van der Waals surface area contributed by atoms with Gasteiger partial charge < -0.3 is 21.3 Å². The average molecular weight is 506 g/mol. The molecule has 0 aliphatic carbocycles. The molecule has 0 aliphatic heterocycles. The molecular formula is C26H24N3O4PS. The molecular weight excluding hydrogens is 481 g/mol. The van der Waals surface area contributed by atoms with Gasteiger partial charge in [0.25, 0.3) is 5.91 Å². The summed E-state index contributed by atoms with van der Waals surface area (Å²) < 4.78 is 19.1. The Balaban J connectivity index is 1.50. The number of anilines is 2. The summed E-state index contributed by atoms with van der Waals surface area (Å²) in [4.78, 5) is 25.2. The second kappa shape index (κ2) is 10.7. The van der Waals surface area contributed by atoms with Crippen molar-refractivity contribution in [2.45, 2.75) is 6.16 Å². The SMILES string of the molecule is NC(=O)COP(=O)(Cc1ccc(C(=O)Nc2cc(-c3cccs3)ccc2N)cc1)c1ccccc1. The van der Waals surface area contributed by atoms with Crippen molar-refractivity contribution in [1.29, 1.82) is 0 Å². The van der Waals surface area contributed by atoms with Crippen molar-refractivity contribution >= 4 is 47.2 Å². The minimum atomic E-state index is -3.39. The van der Waals surface area contributed by atoms with Crippen LogP contribution in [0.5, 0.6) is 0 Å². The second-order valence-corrected chi connectivity index (χ2v) is 11.2. The van der Waals surface area contributed by atoms with Crippen molar-refractivity contribution in [3.63, 3.8) is 0 Å². The molecule has 4 aromatic rings. The minimum absolute atomic E-state index is 0.0575. The van der Waals surface area contributed by atoms with Gasteiger partial charge in [-0.25, -0.2) is 0 Å². The molecule has 2 amide bonds. The molecule has 0 spiro atoms. The average Bonchev–Trinajstić information content (AvgIpc) is 3.40. The topological polar surface area (TPSA) is 125 Å². The van der Waals surface area contributed by atoms with Crippen molar-refractivity contribution in [3.05, 3.63) is 101 Å². The Kier molecular flexibility index (Phi) is 7.46. The molecule has 0 aliphatic rings. The number of benzene rings is 3. The molecule has 9 heteroatoms. The highest BCUT2D eigenvalue weighted by Gasteiger charge is 2.27. The van der Waals surface area contributed by atoms with E-state index in [4.69, 9.17) is 16.0 Å². The maximum Gasteiger partial charge on any atom is 0.255 e. The lowest BCUT2D eigenvalue weighted by Crippen LogP contribution is -2.20. The Bertz CT molecular complexity index is 1370. The molecule has 1 aromatic heterocycles. The van der Waals surface area contributed by atoms with Crippen LogP contribution in [0, 0.1) is 0 Å². The number of nitrogens with one attached hydrogen (secondary N) is 1. The van der Waals surface area contributed by atoms with E-state index >= 15 is 0 Å². The molecule has 35 heavy (non-hydrogen) atoms. The van der Waals surface area contributed by atoms with Gasteiger partial charge in [0.15, 0.2) is 0 Å². The van der Waals surface area contributed by atoms with Crippen LogP contribution in [0.15, 0.2) is 90.3 Å². The van der Waals surface area contributed by atoms with E-state index in [1.807, 2.05) is 29.6 Å². The Labute approximate surface area is 207 Å². The number of nitrogens with two attached hydrogens (primary N) is 2. The van der Waals surface area contributed by atoms with Crippen molar-refractivity contribution in [2.75, 3.05) is 17.7 Å². The predicted molar refractivity (Wildman–Crippen MR) is 141 cm³/mol. The summed E-state index contributed by atoms with van der Waals surface area (Å²) >= 11 is 1.60. The summed E-state index contributed by atoms with van der Waals surface area (Å²) in [6.07, 6.45) is 0.0575.